The molecule has 2 amide bonds. The third kappa shape index (κ3) is 2.24. The predicted octanol–water partition coefficient (Wildman–Crippen LogP) is -1.28. The Labute approximate surface area is 106 Å². The summed E-state index contributed by atoms with van der Waals surface area (Å²) in [4.78, 5) is 59.9. The minimum absolute atomic E-state index is 0.0343. The van der Waals surface area contributed by atoms with Gasteiger partial charge in [-0.25, -0.2) is 9.36 Å². The summed E-state index contributed by atoms with van der Waals surface area (Å²) in [5.74, 6) is -1.68. The van der Waals surface area contributed by atoms with Crippen molar-refractivity contribution in [1.82, 2.24) is 14.9 Å². The van der Waals surface area contributed by atoms with E-state index in [-0.39, 0.29) is 18.4 Å². The quantitative estimate of drug-likeness (QED) is 0.510. The lowest BCUT2D eigenvalue weighted by molar-refractivity contribution is -0.135. The van der Waals surface area contributed by atoms with Crippen molar-refractivity contribution in [2.75, 3.05) is 0 Å². The molecule has 8 heteroatoms. The van der Waals surface area contributed by atoms with Gasteiger partial charge in [-0.2, -0.15) is 0 Å². The first-order valence-corrected chi connectivity index (χ1v) is 5.60. The van der Waals surface area contributed by atoms with E-state index in [1.165, 1.54) is 6.92 Å². The summed E-state index contributed by atoms with van der Waals surface area (Å²) >= 11 is 0. The number of nitrogens with zero attached hydrogens (tertiary/aromatic N) is 1. The Bertz CT molecular complexity index is 684. The number of nitrogens with one attached hydrogen (secondary N) is 2. The van der Waals surface area contributed by atoms with Crippen molar-refractivity contribution in [1.29, 1.82) is 0 Å². The molecule has 0 saturated carbocycles. The molecule has 1 unspecified atom stereocenters. The number of carbonyl (C=O) groups is 3. The van der Waals surface area contributed by atoms with Gasteiger partial charge >= 0.3 is 5.69 Å². The molecule has 2 heterocycles. The van der Waals surface area contributed by atoms with Gasteiger partial charge in [-0.05, 0) is 13.3 Å². The van der Waals surface area contributed by atoms with E-state index >= 15 is 0 Å². The number of hydrogen-bond donors (Lipinski definition) is 2. The van der Waals surface area contributed by atoms with Gasteiger partial charge in [0.05, 0.1) is 5.56 Å². The molecule has 8 nitrogen and oxygen atoms in total. The molecule has 2 rings (SSSR count). The molecule has 0 bridgehead atoms. The topological polar surface area (TPSA) is 118 Å². The molecule has 1 aromatic rings. The zero-order valence-electron chi connectivity index (χ0n) is 10.1. The fraction of sp³-hybridized carbons (Fsp3) is 0.364. The monoisotopic (exact) mass is 265 g/mol. The Morgan fingerprint density at radius 1 is 1.32 bits per heavy atom. The fourth-order valence-electron chi connectivity index (χ4n) is 1.95. The van der Waals surface area contributed by atoms with Crippen LogP contribution in [0.15, 0.2) is 15.8 Å². The molecule has 19 heavy (non-hydrogen) atoms. The van der Waals surface area contributed by atoms with Crippen molar-refractivity contribution in [3.05, 3.63) is 32.6 Å². The highest BCUT2D eigenvalue weighted by atomic mass is 16.2. The summed E-state index contributed by atoms with van der Waals surface area (Å²) < 4.78 is 0.679. The van der Waals surface area contributed by atoms with Crippen molar-refractivity contribution in [3.63, 3.8) is 0 Å². The Kier molecular flexibility index (Phi) is 3.16. The third-order valence-electron chi connectivity index (χ3n) is 2.91. The average molecular weight is 265 g/mol. The van der Waals surface area contributed by atoms with Gasteiger partial charge in [-0.1, -0.05) is 0 Å². The van der Waals surface area contributed by atoms with E-state index in [2.05, 4.69) is 10.3 Å². The van der Waals surface area contributed by atoms with E-state index in [1.807, 2.05) is 0 Å². The second kappa shape index (κ2) is 4.63. The average Bonchev–Trinajstić information content (AvgIpc) is 2.31. The molecule has 1 aliphatic heterocycles. The number of amides is 2. The fourth-order valence-corrected chi connectivity index (χ4v) is 1.95. The number of imide groups is 1. The molecule has 100 valence electrons. The first-order valence-electron chi connectivity index (χ1n) is 5.60. The third-order valence-corrected chi connectivity index (χ3v) is 2.91. The number of H-pyrrole nitrogens is 1. The highest BCUT2D eigenvalue weighted by molar-refractivity contribution is 5.99. The number of Topliss-reactive ketones (excluding diaryl/α,β-unsaturated/α-hetero) is 1. The first kappa shape index (κ1) is 12.9. The van der Waals surface area contributed by atoms with Crippen LogP contribution in [-0.2, 0) is 9.59 Å². The van der Waals surface area contributed by atoms with Crippen LogP contribution in [0.1, 0.15) is 36.2 Å². The van der Waals surface area contributed by atoms with E-state index in [1.54, 1.807) is 0 Å². The van der Waals surface area contributed by atoms with E-state index in [0.717, 1.165) is 6.20 Å². The number of piperidine rings is 1. The van der Waals surface area contributed by atoms with Crippen LogP contribution >= 0.6 is 0 Å². The number of hydrogen-bond acceptors (Lipinski definition) is 5. The molecular formula is C11H11N3O5. The van der Waals surface area contributed by atoms with Gasteiger partial charge in [-0.15, -0.1) is 0 Å². The maximum Gasteiger partial charge on any atom is 0.329 e. The van der Waals surface area contributed by atoms with Crippen LogP contribution in [0, 0.1) is 0 Å². The lowest BCUT2D eigenvalue weighted by atomic mass is 10.1. The zero-order chi connectivity index (χ0) is 14.2. The van der Waals surface area contributed by atoms with Gasteiger partial charge < -0.3 is 4.98 Å². The lowest BCUT2D eigenvalue weighted by Gasteiger charge is -2.21. The van der Waals surface area contributed by atoms with Crippen LogP contribution < -0.4 is 16.6 Å². The van der Waals surface area contributed by atoms with Gasteiger partial charge in [-0.3, -0.25) is 24.5 Å². The molecule has 0 aromatic carbocycles. The van der Waals surface area contributed by atoms with Crippen LogP contribution in [-0.4, -0.2) is 27.1 Å². The molecular weight excluding hydrogens is 254 g/mol. The molecule has 0 spiro atoms. The van der Waals surface area contributed by atoms with Crippen molar-refractivity contribution in [3.8, 4) is 0 Å². The molecule has 0 radical (unpaired) electrons. The highest BCUT2D eigenvalue weighted by Crippen LogP contribution is 2.14. The van der Waals surface area contributed by atoms with Crippen LogP contribution in [0.4, 0.5) is 0 Å². The molecule has 0 aliphatic carbocycles. The minimum atomic E-state index is -1.08. The maximum atomic E-state index is 12.0. The number of ketones is 1. The van der Waals surface area contributed by atoms with Crippen LogP contribution in [0.5, 0.6) is 0 Å². The SMILES string of the molecule is CC(=O)c1c[nH]c(=O)n(C2CCC(=O)NC2=O)c1=O. The van der Waals surface area contributed by atoms with Crippen LogP contribution in [0.25, 0.3) is 0 Å². The van der Waals surface area contributed by atoms with Crippen molar-refractivity contribution < 1.29 is 14.4 Å². The Morgan fingerprint density at radius 3 is 2.58 bits per heavy atom. The molecule has 1 aromatic heterocycles. The lowest BCUT2D eigenvalue weighted by Crippen LogP contribution is -2.49. The molecule has 1 aliphatic rings. The molecule has 1 saturated heterocycles. The van der Waals surface area contributed by atoms with Crippen molar-refractivity contribution in [2.45, 2.75) is 25.8 Å². The van der Waals surface area contributed by atoms with E-state index in [0.29, 0.717) is 4.57 Å². The van der Waals surface area contributed by atoms with Crippen LogP contribution in [0.2, 0.25) is 0 Å². The second-order valence-electron chi connectivity index (χ2n) is 4.21. The number of rotatable bonds is 2. The van der Waals surface area contributed by atoms with Gasteiger partial charge in [0, 0.05) is 12.6 Å². The van der Waals surface area contributed by atoms with Gasteiger partial charge in [0.2, 0.25) is 11.8 Å². The summed E-state index contributed by atoms with van der Waals surface area (Å²) in [7, 11) is 0. The predicted molar refractivity (Wildman–Crippen MR) is 62.7 cm³/mol. The van der Waals surface area contributed by atoms with E-state index in [4.69, 9.17) is 0 Å². The summed E-state index contributed by atoms with van der Waals surface area (Å²) in [5, 5.41) is 2.06. The summed E-state index contributed by atoms with van der Waals surface area (Å²) in [6.45, 7) is 1.18. The second-order valence-corrected chi connectivity index (χ2v) is 4.21. The standard InChI is InChI=1S/C11H11N3O5/c1-5(15)6-4-12-11(19)14(10(6)18)7-2-3-8(16)13-9(7)17/h4,7H,2-3H2,1H3,(H,12,19)(H,13,16,17). The normalized spacial score (nSPS) is 19.1. The minimum Gasteiger partial charge on any atom is -0.313 e. The van der Waals surface area contributed by atoms with Gasteiger partial charge in [0.25, 0.3) is 5.56 Å². The Hall–Kier alpha value is -2.51. The zero-order valence-corrected chi connectivity index (χ0v) is 10.1. The van der Waals surface area contributed by atoms with Crippen molar-refractivity contribution >= 4 is 17.6 Å². The highest BCUT2D eigenvalue weighted by Gasteiger charge is 2.31. The van der Waals surface area contributed by atoms with E-state index < -0.39 is 34.9 Å². The molecule has 2 N–H and O–H groups in total. The Morgan fingerprint density at radius 2 is 2.00 bits per heavy atom. The first-order chi connectivity index (χ1) is 8.91. The van der Waals surface area contributed by atoms with Crippen molar-refractivity contribution in [2.24, 2.45) is 0 Å². The molecule has 1 atom stereocenters. The van der Waals surface area contributed by atoms with Crippen LogP contribution in [0.3, 0.4) is 0 Å². The number of aromatic nitrogens is 2. The summed E-state index contributed by atoms with van der Waals surface area (Å²) in [6.07, 6.45) is 1.11. The molecule has 1 fully saturated rings. The smallest absolute Gasteiger partial charge is 0.313 e. The Balaban J connectivity index is 2.57. The number of aromatic amines is 1. The summed E-state index contributed by atoms with van der Waals surface area (Å²) in [6, 6.07) is -1.08. The van der Waals surface area contributed by atoms with Gasteiger partial charge in [0.1, 0.15) is 6.04 Å². The number of carbonyl (C=O) groups excluding carboxylic acids is 3. The van der Waals surface area contributed by atoms with Gasteiger partial charge in [0.15, 0.2) is 5.78 Å². The maximum absolute atomic E-state index is 12.0. The summed E-state index contributed by atoms with van der Waals surface area (Å²) in [5.41, 5.74) is -1.82. The largest absolute Gasteiger partial charge is 0.329 e. The van der Waals surface area contributed by atoms with E-state index in [9.17, 15) is 24.0 Å².